The van der Waals surface area contributed by atoms with Crippen molar-refractivity contribution in [2.45, 2.75) is 64.1 Å². The van der Waals surface area contributed by atoms with E-state index in [0.29, 0.717) is 24.1 Å². The Balaban J connectivity index is 2.16. The molecule has 1 heterocycles. The van der Waals surface area contributed by atoms with Gasteiger partial charge in [0.25, 0.3) is 10.0 Å². The molecule has 0 aliphatic rings. The van der Waals surface area contributed by atoms with Gasteiger partial charge in [-0.05, 0) is 43.7 Å². The van der Waals surface area contributed by atoms with Crippen LogP contribution in [0.3, 0.4) is 0 Å². The van der Waals surface area contributed by atoms with Crippen LogP contribution in [0.25, 0.3) is 0 Å². The maximum absolute atomic E-state index is 14.8. The second kappa shape index (κ2) is 12.1. The molecule has 1 aromatic carbocycles. The fraction of sp³-hybridized carbons (Fsp3) is 0.600. The first kappa shape index (κ1) is 26.7. The van der Waals surface area contributed by atoms with Crippen LogP contribution in [0, 0.1) is 17.7 Å². The van der Waals surface area contributed by atoms with Gasteiger partial charge in [-0.25, -0.2) is 17.8 Å². The van der Waals surface area contributed by atoms with E-state index in [1.165, 1.54) is 6.33 Å². The van der Waals surface area contributed by atoms with E-state index in [9.17, 15) is 12.8 Å². The van der Waals surface area contributed by atoms with E-state index in [0.717, 1.165) is 42.9 Å². The lowest BCUT2D eigenvalue weighted by Crippen LogP contribution is -2.43. The highest BCUT2D eigenvalue weighted by molar-refractivity contribution is 7.93. The van der Waals surface area contributed by atoms with Crippen LogP contribution in [0.5, 0.6) is 0 Å². The third kappa shape index (κ3) is 7.80. The molecule has 2 rings (SSSR count). The normalized spacial score (nSPS) is 14.9. The van der Waals surface area contributed by atoms with Crippen LogP contribution < -0.4 is 21.1 Å². The van der Waals surface area contributed by atoms with Crippen molar-refractivity contribution in [3.8, 4) is 0 Å². The van der Waals surface area contributed by atoms with Crippen LogP contribution in [-0.2, 0) is 10.0 Å². The topological polar surface area (TPSA) is 122 Å². The first-order valence-electron chi connectivity index (χ1n) is 10.6. The van der Waals surface area contributed by atoms with Crippen LogP contribution in [0.15, 0.2) is 23.4 Å². The number of aromatic nitrogens is 2. The van der Waals surface area contributed by atoms with Crippen LogP contribution in [-0.4, -0.2) is 36.5 Å². The number of anilines is 2. The Morgan fingerprint density at radius 3 is 2.56 bits per heavy atom. The molecule has 0 aliphatic heterocycles. The van der Waals surface area contributed by atoms with E-state index < -0.39 is 20.7 Å². The molecule has 0 fully saturated rings. The molecule has 1 unspecified atom stereocenters. The highest BCUT2D eigenvalue weighted by Gasteiger charge is 2.24. The number of nitrogens with one attached hydrogen (secondary N) is 3. The first-order chi connectivity index (χ1) is 15.0. The van der Waals surface area contributed by atoms with Gasteiger partial charge < -0.3 is 11.1 Å². The summed E-state index contributed by atoms with van der Waals surface area (Å²) >= 11 is 7.17. The molecule has 0 spiro atoms. The minimum Gasteiger partial charge on any atom is -0.369 e. The predicted octanol–water partition coefficient (Wildman–Crippen LogP) is 4.27. The molecule has 0 bridgehead atoms. The van der Waals surface area contributed by atoms with Gasteiger partial charge >= 0.3 is 0 Å². The van der Waals surface area contributed by atoms with Gasteiger partial charge in [-0.1, -0.05) is 38.8 Å². The van der Waals surface area contributed by atoms with Gasteiger partial charge in [0.15, 0.2) is 0 Å². The summed E-state index contributed by atoms with van der Waals surface area (Å²) in [6.45, 7) is 9.07. The third-order valence-corrected chi connectivity index (χ3v) is 7.32. The number of rotatable bonds is 13. The van der Waals surface area contributed by atoms with Gasteiger partial charge in [-0.3, -0.25) is 10.0 Å². The molecule has 2 aromatic rings. The standard InChI is InChI=1S/C20H32ClFN6O2S2/c1-5-6-19(24-10-14(13(4)23)7-12(2)3)27-17-9-16(22)18(8-15(17)21)32(29,30)28-20-25-11-26-31-20/h8-9,11-14,19,24,27H,5-7,10,23H2,1-4H3,(H,25,26,28)/t13-,14+,19?/m1/s1. The van der Waals surface area contributed by atoms with E-state index in [1.807, 2.05) is 13.8 Å². The molecule has 0 saturated heterocycles. The summed E-state index contributed by atoms with van der Waals surface area (Å²) in [5, 5.41) is 6.80. The van der Waals surface area contributed by atoms with E-state index >= 15 is 0 Å². The van der Waals surface area contributed by atoms with E-state index in [4.69, 9.17) is 17.3 Å². The summed E-state index contributed by atoms with van der Waals surface area (Å²) in [6, 6.07) is 2.23. The zero-order valence-electron chi connectivity index (χ0n) is 18.7. The summed E-state index contributed by atoms with van der Waals surface area (Å²) < 4.78 is 45.7. The molecule has 12 heteroatoms. The predicted molar refractivity (Wildman–Crippen MR) is 129 cm³/mol. The maximum Gasteiger partial charge on any atom is 0.266 e. The number of nitrogens with two attached hydrogens (primary N) is 1. The first-order valence-corrected chi connectivity index (χ1v) is 13.2. The van der Waals surface area contributed by atoms with Crippen molar-refractivity contribution in [2.24, 2.45) is 17.6 Å². The van der Waals surface area contributed by atoms with Gasteiger partial charge in [-0.15, -0.1) is 0 Å². The lowest BCUT2D eigenvalue weighted by atomic mass is 9.91. The lowest BCUT2D eigenvalue weighted by Gasteiger charge is -2.28. The number of hydrogen-bond acceptors (Lipinski definition) is 8. The van der Waals surface area contributed by atoms with Crippen LogP contribution in [0.2, 0.25) is 5.02 Å². The molecule has 3 atom stereocenters. The lowest BCUT2D eigenvalue weighted by molar-refractivity contribution is 0.328. The summed E-state index contributed by atoms with van der Waals surface area (Å²) in [5.41, 5.74) is 6.46. The third-order valence-electron chi connectivity index (χ3n) is 4.95. The minimum absolute atomic E-state index is 0.0400. The fourth-order valence-corrected chi connectivity index (χ4v) is 5.35. The van der Waals surface area contributed by atoms with Gasteiger partial charge in [0.05, 0.1) is 16.9 Å². The van der Waals surface area contributed by atoms with Crippen molar-refractivity contribution in [2.75, 3.05) is 16.6 Å². The molecule has 0 radical (unpaired) electrons. The average Bonchev–Trinajstić information content (AvgIpc) is 3.19. The summed E-state index contributed by atoms with van der Waals surface area (Å²) in [5.74, 6) is -0.100. The van der Waals surface area contributed by atoms with E-state index in [1.54, 1.807) is 0 Å². The van der Waals surface area contributed by atoms with Crippen molar-refractivity contribution < 1.29 is 12.8 Å². The number of sulfonamides is 1. The van der Waals surface area contributed by atoms with E-state index in [2.05, 4.69) is 38.6 Å². The van der Waals surface area contributed by atoms with Gasteiger partial charge in [-0.2, -0.15) is 4.37 Å². The Hall–Kier alpha value is -1.53. The highest BCUT2D eigenvalue weighted by atomic mass is 35.5. The number of benzene rings is 1. The highest BCUT2D eigenvalue weighted by Crippen LogP contribution is 2.30. The largest absolute Gasteiger partial charge is 0.369 e. The molecule has 32 heavy (non-hydrogen) atoms. The Morgan fingerprint density at radius 2 is 2.00 bits per heavy atom. The molecule has 0 aliphatic carbocycles. The molecule has 5 N–H and O–H groups in total. The van der Waals surface area contributed by atoms with Gasteiger partial charge in [0.1, 0.15) is 17.0 Å². The van der Waals surface area contributed by atoms with Crippen molar-refractivity contribution in [3.05, 3.63) is 29.3 Å². The summed E-state index contributed by atoms with van der Waals surface area (Å²) in [4.78, 5) is 3.20. The Kier molecular flexibility index (Phi) is 10.1. The zero-order chi connectivity index (χ0) is 23.9. The number of nitrogens with zero attached hydrogens (tertiary/aromatic N) is 2. The second-order valence-corrected chi connectivity index (χ2v) is 11.1. The molecule has 180 valence electrons. The average molecular weight is 507 g/mol. The van der Waals surface area contributed by atoms with Gasteiger partial charge in [0, 0.05) is 24.1 Å². The molecule has 1 aromatic heterocycles. The van der Waals surface area contributed by atoms with Gasteiger partial charge in [0.2, 0.25) is 5.13 Å². The number of hydrogen-bond donors (Lipinski definition) is 4. The zero-order valence-corrected chi connectivity index (χ0v) is 21.1. The minimum atomic E-state index is -4.19. The van der Waals surface area contributed by atoms with Crippen molar-refractivity contribution in [3.63, 3.8) is 0 Å². The smallest absolute Gasteiger partial charge is 0.266 e. The van der Waals surface area contributed by atoms with Crippen molar-refractivity contribution >= 4 is 44.0 Å². The molecule has 0 saturated carbocycles. The van der Waals surface area contributed by atoms with Crippen LogP contribution in [0.1, 0.15) is 47.0 Å². The quantitative estimate of drug-likeness (QED) is 0.299. The SMILES string of the molecule is CCCC(NC[C@H](CC(C)C)[C@@H](C)N)Nc1cc(F)c(S(=O)(=O)Nc2ncns2)cc1Cl. The van der Waals surface area contributed by atoms with Crippen molar-refractivity contribution in [1.82, 2.24) is 14.7 Å². The second-order valence-electron chi connectivity index (χ2n) is 8.26. The molecular formula is C20H32ClFN6O2S2. The Labute approximate surface area is 198 Å². The monoisotopic (exact) mass is 506 g/mol. The molecule has 8 nitrogen and oxygen atoms in total. The Morgan fingerprint density at radius 1 is 1.28 bits per heavy atom. The summed E-state index contributed by atoms with van der Waals surface area (Å²) in [6.07, 6.45) is 3.68. The van der Waals surface area contributed by atoms with Crippen molar-refractivity contribution in [1.29, 1.82) is 0 Å². The number of halogens is 2. The van der Waals surface area contributed by atoms with Crippen LogP contribution in [0.4, 0.5) is 15.2 Å². The maximum atomic E-state index is 14.8. The van der Waals surface area contributed by atoms with E-state index in [-0.39, 0.29) is 22.4 Å². The fourth-order valence-electron chi connectivity index (χ4n) is 3.32. The molecule has 0 amide bonds. The molecular weight excluding hydrogens is 475 g/mol. The van der Waals surface area contributed by atoms with Crippen LogP contribution >= 0.6 is 23.1 Å². The Bertz CT molecular complexity index is 957. The summed E-state index contributed by atoms with van der Waals surface area (Å²) in [7, 11) is -4.19.